The molecule has 1 heterocycles. The lowest BCUT2D eigenvalue weighted by Gasteiger charge is -2.11. The van der Waals surface area contributed by atoms with Crippen LogP contribution < -0.4 is 4.74 Å². The smallest absolute Gasteiger partial charge is 0.159 e. The van der Waals surface area contributed by atoms with Crippen molar-refractivity contribution in [2.45, 2.75) is 85.5 Å². The molecule has 2 rings (SSSR count). The minimum Gasteiger partial charge on any atom is -0.490 e. The average molecular weight is 409 g/mol. The summed E-state index contributed by atoms with van der Waals surface area (Å²) in [5.41, 5.74) is 3.85. The van der Waals surface area contributed by atoms with E-state index in [2.05, 4.69) is 68.0 Å². The molecule has 164 valence electrons. The molecule has 3 heteroatoms. The normalized spacial score (nSPS) is 11.9. The Bertz CT molecular complexity index is 730. The molecular formula is C27H40N2O. The summed E-state index contributed by atoms with van der Waals surface area (Å²) in [7, 11) is 0. The number of benzene rings is 1. The average Bonchev–Trinajstić information content (AvgIpc) is 2.74. The Labute approximate surface area is 184 Å². The third-order valence-corrected chi connectivity index (χ3v) is 5.50. The molecule has 0 aliphatic heterocycles. The van der Waals surface area contributed by atoms with Crippen molar-refractivity contribution >= 4 is 0 Å². The van der Waals surface area contributed by atoms with E-state index >= 15 is 0 Å². The Balaban J connectivity index is 1.73. The van der Waals surface area contributed by atoms with E-state index in [0.29, 0.717) is 12.5 Å². The fraction of sp³-hybridized carbons (Fsp3) is 0.556. The van der Waals surface area contributed by atoms with Gasteiger partial charge in [-0.1, -0.05) is 75.4 Å². The van der Waals surface area contributed by atoms with Crippen molar-refractivity contribution < 1.29 is 4.74 Å². The first-order chi connectivity index (χ1) is 14.6. The molecule has 3 nitrogen and oxygen atoms in total. The van der Waals surface area contributed by atoms with Gasteiger partial charge in [0.05, 0.1) is 19.0 Å². The molecule has 0 spiro atoms. The van der Waals surface area contributed by atoms with E-state index < -0.39 is 0 Å². The second kappa shape index (κ2) is 14.0. The van der Waals surface area contributed by atoms with E-state index in [1.807, 2.05) is 0 Å². The number of allylic oxidation sites excluding steroid dienone is 2. The highest BCUT2D eigenvalue weighted by Crippen LogP contribution is 2.19. The molecule has 0 aliphatic carbocycles. The SMILES string of the molecule is CCCCCCCc1ccc(-c2ncc(OCCC(C)CCC=C(C)C)cn2)cc1. The number of aryl methyl sites for hydroxylation is 1. The minimum absolute atomic E-state index is 0.658. The highest BCUT2D eigenvalue weighted by molar-refractivity contribution is 5.55. The lowest BCUT2D eigenvalue weighted by atomic mass is 10.0. The first-order valence-corrected chi connectivity index (χ1v) is 11.8. The zero-order chi connectivity index (χ0) is 21.6. The van der Waals surface area contributed by atoms with Gasteiger partial charge in [-0.15, -0.1) is 0 Å². The van der Waals surface area contributed by atoms with Gasteiger partial charge in [-0.05, 0) is 57.4 Å². The van der Waals surface area contributed by atoms with Crippen molar-refractivity contribution in [3.63, 3.8) is 0 Å². The van der Waals surface area contributed by atoms with Crippen LogP contribution in [0.1, 0.15) is 84.6 Å². The zero-order valence-electron chi connectivity index (χ0n) is 19.5. The molecule has 2 aromatic rings. The van der Waals surface area contributed by atoms with Crippen molar-refractivity contribution in [2.24, 2.45) is 5.92 Å². The number of nitrogens with zero attached hydrogens (tertiary/aromatic N) is 2. The third kappa shape index (κ3) is 9.56. The second-order valence-corrected chi connectivity index (χ2v) is 8.70. The van der Waals surface area contributed by atoms with Gasteiger partial charge in [0.15, 0.2) is 11.6 Å². The van der Waals surface area contributed by atoms with E-state index in [1.165, 1.54) is 49.7 Å². The van der Waals surface area contributed by atoms with E-state index in [0.717, 1.165) is 36.4 Å². The Morgan fingerprint density at radius 3 is 2.33 bits per heavy atom. The van der Waals surface area contributed by atoms with Gasteiger partial charge in [-0.3, -0.25) is 0 Å². The van der Waals surface area contributed by atoms with Crippen LogP contribution >= 0.6 is 0 Å². The number of aromatic nitrogens is 2. The van der Waals surface area contributed by atoms with Crippen molar-refractivity contribution in [1.29, 1.82) is 0 Å². The number of hydrogen-bond acceptors (Lipinski definition) is 3. The van der Waals surface area contributed by atoms with Crippen LogP contribution in [-0.4, -0.2) is 16.6 Å². The monoisotopic (exact) mass is 408 g/mol. The molecule has 1 atom stereocenters. The molecule has 0 saturated heterocycles. The zero-order valence-corrected chi connectivity index (χ0v) is 19.5. The standard InChI is InChI=1S/C27H40N2O/c1-5-6-7-8-9-13-24-14-16-25(17-15-24)27-28-20-26(21-29-27)30-19-18-23(4)12-10-11-22(2)3/h11,14-17,20-21,23H,5-10,12-13,18-19H2,1-4H3. The summed E-state index contributed by atoms with van der Waals surface area (Å²) in [6.45, 7) is 9.57. The molecular weight excluding hydrogens is 368 g/mol. The molecule has 0 radical (unpaired) electrons. The summed E-state index contributed by atoms with van der Waals surface area (Å²) in [5, 5.41) is 0. The quantitative estimate of drug-likeness (QED) is 0.236. The molecule has 0 fully saturated rings. The van der Waals surface area contributed by atoms with Gasteiger partial charge < -0.3 is 4.74 Å². The topological polar surface area (TPSA) is 35.0 Å². The first-order valence-electron chi connectivity index (χ1n) is 11.8. The summed E-state index contributed by atoms with van der Waals surface area (Å²) in [5.74, 6) is 2.16. The maximum atomic E-state index is 5.85. The Kier molecular flexibility index (Phi) is 11.2. The van der Waals surface area contributed by atoms with Crippen LogP contribution in [0.15, 0.2) is 48.3 Å². The Morgan fingerprint density at radius 2 is 1.67 bits per heavy atom. The summed E-state index contributed by atoms with van der Waals surface area (Å²) in [6, 6.07) is 8.68. The molecule has 1 aromatic heterocycles. The van der Waals surface area contributed by atoms with Gasteiger partial charge in [0.1, 0.15) is 0 Å². The van der Waals surface area contributed by atoms with Crippen molar-refractivity contribution in [2.75, 3.05) is 6.61 Å². The number of rotatable bonds is 14. The predicted octanol–water partition coefficient (Wildman–Crippen LogP) is 7.81. The van der Waals surface area contributed by atoms with Crippen LogP contribution in [0.2, 0.25) is 0 Å². The van der Waals surface area contributed by atoms with Crippen LogP contribution in [-0.2, 0) is 6.42 Å². The van der Waals surface area contributed by atoms with Crippen LogP contribution in [0, 0.1) is 5.92 Å². The maximum absolute atomic E-state index is 5.85. The van der Waals surface area contributed by atoms with E-state index in [4.69, 9.17) is 4.74 Å². The minimum atomic E-state index is 0.658. The molecule has 1 aromatic carbocycles. The number of unbranched alkanes of at least 4 members (excludes halogenated alkanes) is 4. The summed E-state index contributed by atoms with van der Waals surface area (Å²) in [6.07, 6.45) is 17.1. The maximum Gasteiger partial charge on any atom is 0.159 e. The largest absolute Gasteiger partial charge is 0.490 e. The summed E-state index contributed by atoms with van der Waals surface area (Å²) < 4.78 is 5.85. The van der Waals surface area contributed by atoms with Gasteiger partial charge in [-0.25, -0.2) is 9.97 Å². The van der Waals surface area contributed by atoms with Gasteiger partial charge in [0.2, 0.25) is 0 Å². The predicted molar refractivity (Wildman–Crippen MR) is 128 cm³/mol. The molecule has 0 N–H and O–H groups in total. The summed E-state index contributed by atoms with van der Waals surface area (Å²) >= 11 is 0. The van der Waals surface area contributed by atoms with Crippen LogP contribution in [0.25, 0.3) is 11.4 Å². The van der Waals surface area contributed by atoms with Crippen LogP contribution in [0.4, 0.5) is 0 Å². The van der Waals surface area contributed by atoms with Gasteiger partial charge in [0, 0.05) is 5.56 Å². The van der Waals surface area contributed by atoms with E-state index in [1.54, 1.807) is 12.4 Å². The lowest BCUT2D eigenvalue weighted by molar-refractivity contribution is 0.278. The van der Waals surface area contributed by atoms with E-state index in [-0.39, 0.29) is 0 Å². The molecule has 0 saturated carbocycles. The molecule has 0 aliphatic rings. The second-order valence-electron chi connectivity index (χ2n) is 8.70. The number of hydrogen-bond donors (Lipinski definition) is 0. The third-order valence-electron chi connectivity index (χ3n) is 5.50. The Morgan fingerprint density at radius 1 is 0.967 bits per heavy atom. The van der Waals surface area contributed by atoms with E-state index in [9.17, 15) is 0 Å². The summed E-state index contributed by atoms with van der Waals surface area (Å²) in [4.78, 5) is 8.99. The van der Waals surface area contributed by atoms with Crippen LogP contribution in [0.5, 0.6) is 5.75 Å². The van der Waals surface area contributed by atoms with Crippen molar-refractivity contribution in [3.8, 4) is 17.1 Å². The first kappa shape index (κ1) is 24.1. The van der Waals surface area contributed by atoms with Gasteiger partial charge in [-0.2, -0.15) is 0 Å². The molecule has 0 amide bonds. The van der Waals surface area contributed by atoms with Gasteiger partial charge >= 0.3 is 0 Å². The van der Waals surface area contributed by atoms with Gasteiger partial charge in [0.25, 0.3) is 0 Å². The number of ether oxygens (including phenoxy) is 1. The van der Waals surface area contributed by atoms with Crippen molar-refractivity contribution in [3.05, 3.63) is 53.9 Å². The highest BCUT2D eigenvalue weighted by Gasteiger charge is 2.05. The lowest BCUT2D eigenvalue weighted by Crippen LogP contribution is -2.04. The molecule has 30 heavy (non-hydrogen) atoms. The van der Waals surface area contributed by atoms with Crippen LogP contribution in [0.3, 0.4) is 0 Å². The van der Waals surface area contributed by atoms with Crippen molar-refractivity contribution in [1.82, 2.24) is 9.97 Å². The fourth-order valence-corrected chi connectivity index (χ4v) is 3.47. The fourth-order valence-electron chi connectivity index (χ4n) is 3.47. The highest BCUT2D eigenvalue weighted by atomic mass is 16.5. The Hall–Kier alpha value is -2.16. The molecule has 0 bridgehead atoms. The molecule has 1 unspecified atom stereocenters.